The number of hydrogen-bond donors (Lipinski definition) is 0. The van der Waals surface area contributed by atoms with Gasteiger partial charge in [-0.25, -0.2) is 14.6 Å². The van der Waals surface area contributed by atoms with Gasteiger partial charge < -0.3 is 28.4 Å². The van der Waals surface area contributed by atoms with E-state index in [9.17, 15) is 19.2 Å². The number of imide groups is 1. The molecule has 14 heteroatoms. The number of imidazole rings is 1. The summed E-state index contributed by atoms with van der Waals surface area (Å²) in [6.07, 6.45) is 4.90. The first kappa shape index (κ1) is 37.1. The smallest absolute Gasteiger partial charge is 0.444 e. The molecule has 298 valence electrons. The Hall–Kier alpha value is -4.53. The van der Waals surface area contributed by atoms with Crippen LogP contribution in [0.2, 0.25) is 0 Å². The Kier molecular flexibility index (Phi) is 10.2. The lowest BCUT2D eigenvalue weighted by Crippen LogP contribution is -2.49. The van der Waals surface area contributed by atoms with Crippen LogP contribution in [-0.4, -0.2) is 118 Å². The molecule has 56 heavy (non-hydrogen) atoms. The molecule has 2 bridgehead atoms. The molecule has 1 aromatic heterocycles. The average Bonchev–Trinajstić information content (AvgIpc) is 4.04. The van der Waals surface area contributed by atoms with Crippen LogP contribution < -0.4 is 0 Å². The molecule has 9 rings (SSSR count). The number of likely N-dealkylation sites (tertiary alicyclic amines) is 1. The lowest BCUT2D eigenvalue weighted by molar-refractivity contribution is -0.180. The summed E-state index contributed by atoms with van der Waals surface area (Å²) >= 11 is 0. The van der Waals surface area contributed by atoms with Gasteiger partial charge in [-0.2, -0.15) is 0 Å². The number of carbonyl (C=O) groups excluding carboxylic acids is 4. The first-order valence-corrected chi connectivity index (χ1v) is 20.4. The summed E-state index contributed by atoms with van der Waals surface area (Å²) in [7, 11) is 0. The summed E-state index contributed by atoms with van der Waals surface area (Å²) in [5.74, 6) is -1.05. The maximum atomic E-state index is 13.5. The number of para-hydroxylation sites is 2. The van der Waals surface area contributed by atoms with E-state index in [2.05, 4.69) is 71.0 Å². The van der Waals surface area contributed by atoms with Crippen molar-refractivity contribution in [1.82, 2.24) is 24.4 Å². The SMILES string of the molecule is Cc1nc2ccccc2n1C1CC2CC[C@H](C1)N2CCC1(c2ccccc2)CCN(C(=O)O[C@@H]2COC(C3CC(=O)N(OC(=O)O[C@H]4CCOC4)C3=O)C2)CC1. The normalized spacial score (nSPS) is 30.3. The van der Waals surface area contributed by atoms with Gasteiger partial charge in [0.05, 0.1) is 42.9 Å². The van der Waals surface area contributed by atoms with Crippen molar-refractivity contribution in [2.75, 3.05) is 39.5 Å². The first-order valence-electron chi connectivity index (χ1n) is 20.4. The summed E-state index contributed by atoms with van der Waals surface area (Å²) in [4.78, 5) is 65.9. The molecule has 2 aromatic carbocycles. The summed E-state index contributed by atoms with van der Waals surface area (Å²) in [6, 6.07) is 20.9. The second-order valence-corrected chi connectivity index (χ2v) is 16.5. The molecule has 6 aliphatic rings. The molecule has 7 atom stereocenters. The van der Waals surface area contributed by atoms with Crippen molar-refractivity contribution in [2.45, 2.75) is 113 Å². The van der Waals surface area contributed by atoms with Crippen molar-refractivity contribution in [3.63, 3.8) is 0 Å². The second-order valence-electron chi connectivity index (χ2n) is 16.5. The number of fused-ring (bicyclic) bond motifs is 3. The number of amides is 3. The summed E-state index contributed by atoms with van der Waals surface area (Å²) in [5, 5.41) is 0.467. The summed E-state index contributed by atoms with van der Waals surface area (Å²) < 4.78 is 24.6. The zero-order valence-electron chi connectivity index (χ0n) is 32.0. The Morgan fingerprint density at radius 1 is 0.875 bits per heavy atom. The maximum Gasteiger partial charge on any atom is 0.534 e. The quantitative estimate of drug-likeness (QED) is 0.202. The van der Waals surface area contributed by atoms with Crippen molar-refractivity contribution in [3.05, 3.63) is 66.0 Å². The maximum absolute atomic E-state index is 13.5. The van der Waals surface area contributed by atoms with Crippen LogP contribution in [0.5, 0.6) is 0 Å². The highest BCUT2D eigenvalue weighted by Crippen LogP contribution is 2.45. The third kappa shape index (κ3) is 7.15. The molecule has 0 N–H and O–H groups in total. The van der Waals surface area contributed by atoms with E-state index < -0.39 is 42.2 Å². The highest BCUT2D eigenvalue weighted by molar-refractivity contribution is 6.03. The fourth-order valence-electron chi connectivity index (χ4n) is 10.4. The van der Waals surface area contributed by atoms with Gasteiger partial charge in [-0.15, -0.1) is 0 Å². The van der Waals surface area contributed by atoms with E-state index in [0.717, 1.165) is 50.0 Å². The Labute approximate surface area is 326 Å². The Balaban J connectivity index is 0.784. The van der Waals surface area contributed by atoms with Gasteiger partial charge in [0.15, 0.2) is 0 Å². The van der Waals surface area contributed by atoms with Crippen LogP contribution >= 0.6 is 0 Å². The lowest BCUT2D eigenvalue weighted by atomic mass is 9.70. The highest BCUT2D eigenvalue weighted by Gasteiger charge is 2.50. The monoisotopic (exact) mass is 769 g/mol. The van der Waals surface area contributed by atoms with Gasteiger partial charge in [0, 0.05) is 50.5 Å². The molecule has 6 fully saturated rings. The number of hydrogen-bond acceptors (Lipinski definition) is 11. The van der Waals surface area contributed by atoms with Crippen LogP contribution in [-0.2, 0) is 38.8 Å². The molecule has 0 aliphatic carbocycles. The molecule has 0 radical (unpaired) electrons. The van der Waals surface area contributed by atoms with Gasteiger partial charge in [0.2, 0.25) is 0 Å². The van der Waals surface area contributed by atoms with Crippen LogP contribution in [0.25, 0.3) is 11.0 Å². The van der Waals surface area contributed by atoms with E-state index in [1.807, 2.05) is 0 Å². The number of piperidine rings is 2. The lowest BCUT2D eigenvalue weighted by Gasteiger charge is -2.45. The van der Waals surface area contributed by atoms with Gasteiger partial charge in [-0.3, -0.25) is 19.3 Å². The van der Waals surface area contributed by atoms with Gasteiger partial charge in [0.25, 0.3) is 11.8 Å². The Morgan fingerprint density at radius 3 is 2.38 bits per heavy atom. The van der Waals surface area contributed by atoms with Crippen molar-refractivity contribution in [1.29, 1.82) is 0 Å². The second kappa shape index (κ2) is 15.4. The Bertz CT molecular complexity index is 1930. The minimum Gasteiger partial charge on any atom is -0.444 e. The van der Waals surface area contributed by atoms with Gasteiger partial charge in [-0.1, -0.05) is 47.5 Å². The topological polar surface area (TPSA) is 142 Å². The molecule has 0 spiro atoms. The average molecular weight is 770 g/mol. The first-order chi connectivity index (χ1) is 27.2. The number of rotatable bonds is 9. The number of aromatic nitrogens is 2. The van der Waals surface area contributed by atoms with E-state index in [1.54, 1.807) is 4.90 Å². The number of ether oxygens (including phenoxy) is 4. The molecule has 3 aromatic rings. The molecule has 6 saturated heterocycles. The molecule has 3 amide bonds. The van der Waals surface area contributed by atoms with Gasteiger partial charge >= 0.3 is 12.2 Å². The fourth-order valence-corrected chi connectivity index (χ4v) is 10.4. The van der Waals surface area contributed by atoms with E-state index in [1.165, 1.54) is 23.9 Å². The van der Waals surface area contributed by atoms with Crippen molar-refractivity contribution < 1.29 is 43.0 Å². The van der Waals surface area contributed by atoms with Gasteiger partial charge in [0.1, 0.15) is 18.0 Å². The van der Waals surface area contributed by atoms with E-state index >= 15 is 0 Å². The Morgan fingerprint density at radius 2 is 1.62 bits per heavy atom. The molecule has 14 nitrogen and oxygen atoms in total. The van der Waals surface area contributed by atoms with Crippen molar-refractivity contribution in [3.8, 4) is 0 Å². The standard InChI is InChI=1S/C42H51N5O9/c1-27-43-35-9-5-6-10-36(35)46(27)31-21-29-11-12-30(22-31)45(29)19-16-42(28-7-3-2-4-8-28)14-17-44(18-15-42)40(50)54-33-23-37(53-26-33)34-24-38(48)47(39(34)49)56-41(51)55-32-13-20-52-25-32/h2-10,29-34,37H,11-26H2,1H3/t29-,30?,31?,32+,33+,34?,37?/m1/s1. The minimum absolute atomic E-state index is 0.0480. The van der Waals surface area contributed by atoms with E-state index in [0.29, 0.717) is 49.3 Å². The van der Waals surface area contributed by atoms with Crippen LogP contribution in [0, 0.1) is 12.8 Å². The molecular weight excluding hydrogens is 718 g/mol. The number of carbonyl (C=O) groups is 4. The van der Waals surface area contributed by atoms with Crippen LogP contribution in [0.15, 0.2) is 54.6 Å². The molecule has 7 heterocycles. The zero-order chi connectivity index (χ0) is 38.4. The van der Waals surface area contributed by atoms with Crippen molar-refractivity contribution >= 4 is 35.1 Å². The molecule has 4 unspecified atom stereocenters. The zero-order valence-corrected chi connectivity index (χ0v) is 32.0. The highest BCUT2D eigenvalue weighted by atomic mass is 16.8. The largest absolute Gasteiger partial charge is 0.534 e. The number of hydroxylamine groups is 2. The minimum atomic E-state index is -1.12. The van der Waals surface area contributed by atoms with Crippen LogP contribution in [0.3, 0.4) is 0 Å². The predicted molar refractivity (Wildman–Crippen MR) is 201 cm³/mol. The van der Waals surface area contributed by atoms with Crippen LogP contribution in [0.1, 0.15) is 81.6 Å². The van der Waals surface area contributed by atoms with E-state index in [4.69, 9.17) is 28.8 Å². The van der Waals surface area contributed by atoms with E-state index in [-0.39, 0.29) is 37.6 Å². The third-order valence-electron chi connectivity index (χ3n) is 13.4. The fraction of sp³-hybridized carbons (Fsp3) is 0.595. The number of nitrogens with zero attached hydrogens (tertiary/aromatic N) is 5. The molecule has 6 aliphatic heterocycles. The summed E-state index contributed by atoms with van der Waals surface area (Å²) in [6.45, 7) is 5.16. The summed E-state index contributed by atoms with van der Waals surface area (Å²) in [5.41, 5.74) is 3.60. The van der Waals surface area contributed by atoms with Crippen molar-refractivity contribution in [2.24, 2.45) is 5.92 Å². The molecular formula is C42H51N5O9. The predicted octanol–water partition coefficient (Wildman–Crippen LogP) is 5.46. The number of aryl methyl sites for hydroxylation is 1. The number of benzene rings is 2. The van der Waals surface area contributed by atoms with Crippen LogP contribution in [0.4, 0.5) is 9.59 Å². The molecule has 0 saturated carbocycles. The third-order valence-corrected chi connectivity index (χ3v) is 13.4. The van der Waals surface area contributed by atoms with Gasteiger partial charge in [-0.05, 0) is 81.5 Å².